The molecule has 0 saturated carbocycles. The minimum Gasteiger partial charge on any atom is -0.497 e. The molecule has 0 spiro atoms. The highest BCUT2D eigenvalue weighted by Crippen LogP contribution is 2.24. The van der Waals surface area contributed by atoms with E-state index < -0.39 is 5.97 Å². The summed E-state index contributed by atoms with van der Waals surface area (Å²) in [5, 5.41) is 3.90. The average Bonchev–Trinajstić information content (AvgIpc) is 3.20. The zero-order valence-corrected chi connectivity index (χ0v) is 16.2. The molecule has 144 valence electrons. The number of thioether (sulfide) groups is 1. The Kier molecular flexibility index (Phi) is 6.44. The number of hydrogen-bond acceptors (Lipinski definition) is 8. The van der Waals surface area contributed by atoms with Gasteiger partial charge in [-0.15, -0.1) is 11.8 Å². The van der Waals surface area contributed by atoms with Gasteiger partial charge in [-0.3, -0.25) is 4.79 Å². The highest BCUT2D eigenvalue weighted by molar-refractivity contribution is 8.00. The molecular formula is C20H18N2O5S. The smallest absolute Gasteiger partial charge is 0.339 e. The first-order chi connectivity index (χ1) is 13.6. The van der Waals surface area contributed by atoms with Crippen LogP contribution in [0.25, 0.3) is 11.4 Å². The van der Waals surface area contributed by atoms with Gasteiger partial charge < -0.3 is 14.0 Å². The van der Waals surface area contributed by atoms with Crippen molar-refractivity contribution in [2.24, 2.45) is 0 Å². The zero-order valence-electron chi connectivity index (χ0n) is 15.4. The molecule has 0 bridgehead atoms. The van der Waals surface area contributed by atoms with E-state index in [1.54, 1.807) is 43.5 Å². The number of methoxy groups -OCH3 is 1. The van der Waals surface area contributed by atoms with E-state index in [1.165, 1.54) is 18.7 Å². The molecule has 3 aromatic rings. The van der Waals surface area contributed by atoms with E-state index in [1.807, 2.05) is 12.1 Å². The number of ketones is 1. The van der Waals surface area contributed by atoms with E-state index in [2.05, 4.69) is 10.1 Å². The van der Waals surface area contributed by atoms with Crippen LogP contribution in [0.4, 0.5) is 0 Å². The molecule has 0 amide bonds. The largest absolute Gasteiger partial charge is 0.497 e. The number of aromatic nitrogens is 2. The highest BCUT2D eigenvalue weighted by Gasteiger charge is 2.16. The fraction of sp³-hybridized carbons (Fsp3) is 0.200. The zero-order chi connectivity index (χ0) is 19.9. The summed E-state index contributed by atoms with van der Waals surface area (Å²) >= 11 is 1.30. The van der Waals surface area contributed by atoms with Crippen molar-refractivity contribution in [2.75, 3.05) is 12.9 Å². The van der Waals surface area contributed by atoms with Gasteiger partial charge in [0.1, 0.15) is 11.5 Å². The molecule has 1 aromatic heterocycles. The third kappa shape index (κ3) is 4.98. The van der Waals surface area contributed by atoms with Gasteiger partial charge in [0.15, 0.2) is 6.61 Å². The van der Waals surface area contributed by atoms with E-state index in [4.69, 9.17) is 14.0 Å². The SMILES string of the molecule is COc1ccc(-c2noc(COC(=O)c3ccccc3SCC(C)=O)n2)cc1. The lowest BCUT2D eigenvalue weighted by atomic mass is 10.2. The first kappa shape index (κ1) is 19.6. The molecule has 0 N–H and O–H groups in total. The lowest BCUT2D eigenvalue weighted by molar-refractivity contribution is -0.114. The number of esters is 1. The van der Waals surface area contributed by atoms with Gasteiger partial charge in [-0.1, -0.05) is 17.3 Å². The lowest BCUT2D eigenvalue weighted by Crippen LogP contribution is -2.07. The van der Waals surface area contributed by atoms with Crippen molar-refractivity contribution in [3.63, 3.8) is 0 Å². The van der Waals surface area contributed by atoms with E-state index >= 15 is 0 Å². The van der Waals surface area contributed by atoms with Crippen LogP contribution in [0.1, 0.15) is 23.2 Å². The van der Waals surface area contributed by atoms with Crippen LogP contribution >= 0.6 is 11.8 Å². The van der Waals surface area contributed by atoms with Gasteiger partial charge in [-0.25, -0.2) is 4.79 Å². The maximum absolute atomic E-state index is 12.4. The summed E-state index contributed by atoms with van der Waals surface area (Å²) in [6.07, 6.45) is 0. The topological polar surface area (TPSA) is 91.5 Å². The molecule has 0 atom stereocenters. The van der Waals surface area contributed by atoms with Crippen LogP contribution in [0, 0.1) is 0 Å². The standard InChI is InChI=1S/C20H18N2O5S/c1-13(23)12-28-17-6-4-3-5-16(17)20(24)26-11-18-21-19(22-27-18)14-7-9-15(25-2)10-8-14/h3-10H,11-12H2,1-2H3. The lowest BCUT2D eigenvalue weighted by Gasteiger charge is -2.07. The van der Waals surface area contributed by atoms with Gasteiger partial charge in [0, 0.05) is 10.5 Å². The second kappa shape index (κ2) is 9.18. The molecule has 0 radical (unpaired) electrons. The minimum atomic E-state index is -0.518. The predicted octanol–water partition coefficient (Wildman–Crippen LogP) is 3.78. The van der Waals surface area contributed by atoms with E-state index in [0.29, 0.717) is 22.0 Å². The van der Waals surface area contributed by atoms with Crippen LogP contribution in [-0.4, -0.2) is 34.8 Å². The van der Waals surface area contributed by atoms with Crippen LogP contribution in [0.2, 0.25) is 0 Å². The molecule has 3 rings (SSSR count). The molecule has 0 fully saturated rings. The Morgan fingerprint density at radius 1 is 1.11 bits per heavy atom. The summed E-state index contributed by atoms with van der Waals surface area (Å²) in [5.41, 5.74) is 1.15. The fourth-order valence-corrected chi connectivity index (χ4v) is 3.16. The van der Waals surface area contributed by atoms with Crippen molar-refractivity contribution in [3.8, 4) is 17.1 Å². The first-order valence-corrected chi connectivity index (χ1v) is 9.41. The number of benzene rings is 2. The molecule has 1 heterocycles. The fourth-order valence-electron chi connectivity index (χ4n) is 2.32. The maximum Gasteiger partial charge on any atom is 0.339 e. The van der Waals surface area contributed by atoms with Crippen molar-refractivity contribution >= 4 is 23.5 Å². The van der Waals surface area contributed by atoms with Gasteiger partial charge in [-0.2, -0.15) is 4.98 Å². The summed E-state index contributed by atoms with van der Waals surface area (Å²) in [5.74, 6) is 1.11. The summed E-state index contributed by atoms with van der Waals surface area (Å²) < 4.78 is 15.6. The first-order valence-electron chi connectivity index (χ1n) is 8.42. The Morgan fingerprint density at radius 3 is 2.57 bits per heavy atom. The molecule has 0 aliphatic carbocycles. The van der Waals surface area contributed by atoms with E-state index in [0.717, 1.165) is 11.3 Å². The van der Waals surface area contributed by atoms with Crippen molar-refractivity contribution in [3.05, 3.63) is 60.0 Å². The van der Waals surface area contributed by atoms with E-state index in [9.17, 15) is 9.59 Å². The number of carbonyl (C=O) groups is 2. The molecular weight excluding hydrogens is 380 g/mol. The molecule has 0 unspecified atom stereocenters. The Balaban J connectivity index is 1.64. The summed E-state index contributed by atoms with van der Waals surface area (Å²) in [4.78, 5) is 28.5. The highest BCUT2D eigenvalue weighted by atomic mass is 32.2. The minimum absolute atomic E-state index is 0.0325. The Hall–Kier alpha value is -3.13. The third-order valence-corrected chi connectivity index (χ3v) is 4.90. The summed E-state index contributed by atoms with van der Waals surface area (Å²) in [7, 11) is 1.59. The molecule has 0 aliphatic rings. The number of Topliss-reactive ketones (excluding diaryl/α,β-unsaturated/α-hetero) is 1. The second-order valence-electron chi connectivity index (χ2n) is 5.80. The van der Waals surface area contributed by atoms with Gasteiger partial charge >= 0.3 is 5.97 Å². The Labute approximate surface area is 166 Å². The summed E-state index contributed by atoms with van der Waals surface area (Å²) in [6.45, 7) is 1.36. The molecule has 7 nitrogen and oxygen atoms in total. The van der Waals surface area contributed by atoms with Gasteiger partial charge in [0.2, 0.25) is 5.82 Å². The van der Waals surface area contributed by atoms with Gasteiger partial charge in [0.05, 0.1) is 18.4 Å². The number of hydrogen-bond donors (Lipinski definition) is 0. The molecule has 2 aromatic carbocycles. The molecule has 0 aliphatic heterocycles. The number of carbonyl (C=O) groups excluding carboxylic acids is 2. The summed E-state index contributed by atoms with van der Waals surface area (Å²) in [6, 6.07) is 14.2. The molecule has 0 saturated heterocycles. The van der Waals surface area contributed by atoms with Crippen LogP contribution in [0.15, 0.2) is 57.9 Å². The molecule has 8 heteroatoms. The second-order valence-corrected chi connectivity index (χ2v) is 6.82. The molecule has 28 heavy (non-hydrogen) atoms. The Morgan fingerprint density at radius 2 is 1.86 bits per heavy atom. The van der Waals surface area contributed by atoms with Crippen LogP contribution in [0.3, 0.4) is 0 Å². The Bertz CT molecular complexity index is 969. The number of rotatable bonds is 8. The third-order valence-electron chi connectivity index (χ3n) is 3.68. The van der Waals surface area contributed by atoms with Crippen molar-refractivity contribution in [1.29, 1.82) is 0 Å². The maximum atomic E-state index is 12.4. The van der Waals surface area contributed by atoms with Crippen LogP contribution in [0.5, 0.6) is 5.75 Å². The monoisotopic (exact) mass is 398 g/mol. The number of nitrogens with zero attached hydrogens (tertiary/aromatic N) is 2. The van der Waals surface area contributed by atoms with E-state index in [-0.39, 0.29) is 18.3 Å². The van der Waals surface area contributed by atoms with Gasteiger partial charge in [0.25, 0.3) is 5.89 Å². The number of ether oxygens (including phenoxy) is 2. The average molecular weight is 398 g/mol. The normalized spacial score (nSPS) is 10.5. The van der Waals surface area contributed by atoms with Crippen molar-refractivity contribution in [1.82, 2.24) is 10.1 Å². The quantitative estimate of drug-likeness (QED) is 0.418. The van der Waals surface area contributed by atoms with Crippen LogP contribution < -0.4 is 4.74 Å². The van der Waals surface area contributed by atoms with Gasteiger partial charge in [-0.05, 0) is 43.3 Å². The van der Waals surface area contributed by atoms with Crippen molar-refractivity contribution in [2.45, 2.75) is 18.4 Å². The predicted molar refractivity (Wildman–Crippen MR) is 103 cm³/mol. The van der Waals surface area contributed by atoms with Crippen molar-refractivity contribution < 1.29 is 23.6 Å². The van der Waals surface area contributed by atoms with Crippen LogP contribution in [-0.2, 0) is 16.1 Å².